The predicted octanol–water partition coefficient (Wildman–Crippen LogP) is 2.76. The summed E-state index contributed by atoms with van der Waals surface area (Å²) in [5.41, 5.74) is 3.23. The fourth-order valence-electron chi connectivity index (χ4n) is 1.96. The zero-order valence-electron chi connectivity index (χ0n) is 9.50. The lowest BCUT2D eigenvalue weighted by molar-refractivity contribution is 0.715. The van der Waals surface area contributed by atoms with Gasteiger partial charge in [-0.2, -0.15) is 5.10 Å². The van der Waals surface area contributed by atoms with E-state index in [1.807, 2.05) is 11.7 Å². The number of pyridine rings is 1. The van der Waals surface area contributed by atoms with Gasteiger partial charge in [-0.25, -0.2) is 0 Å². The van der Waals surface area contributed by atoms with Gasteiger partial charge in [0.15, 0.2) is 0 Å². The second-order valence-electron chi connectivity index (χ2n) is 4.35. The van der Waals surface area contributed by atoms with Crippen molar-refractivity contribution in [3.05, 3.63) is 35.0 Å². The van der Waals surface area contributed by atoms with Gasteiger partial charge in [0, 0.05) is 18.7 Å². The molecule has 0 radical (unpaired) electrons. The van der Waals surface area contributed by atoms with Gasteiger partial charge in [-0.05, 0) is 36.2 Å². The summed E-state index contributed by atoms with van der Waals surface area (Å²) in [7, 11) is 1.96. The molecule has 1 fully saturated rings. The molecular formula is C12H12N4O. The lowest BCUT2D eigenvalue weighted by Gasteiger charge is -1.95. The molecule has 0 atom stereocenters. The molecule has 5 nitrogen and oxygen atoms in total. The summed E-state index contributed by atoms with van der Waals surface area (Å²) in [5, 5.41) is 7.27. The molecule has 2 aromatic heterocycles. The van der Waals surface area contributed by atoms with E-state index >= 15 is 0 Å². The van der Waals surface area contributed by atoms with Crippen LogP contribution >= 0.6 is 0 Å². The third kappa shape index (κ3) is 1.84. The molecule has 0 unspecified atom stereocenters. The Morgan fingerprint density at radius 3 is 2.76 bits per heavy atom. The summed E-state index contributed by atoms with van der Waals surface area (Å²) in [6.45, 7) is 0. The Morgan fingerprint density at radius 1 is 1.35 bits per heavy atom. The van der Waals surface area contributed by atoms with Crippen molar-refractivity contribution in [2.24, 2.45) is 12.2 Å². The van der Waals surface area contributed by atoms with E-state index in [1.165, 1.54) is 24.7 Å². The van der Waals surface area contributed by atoms with Gasteiger partial charge in [0.1, 0.15) is 11.4 Å². The van der Waals surface area contributed by atoms with Crippen LogP contribution in [-0.4, -0.2) is 14.8 Å². The normalized spacial score (nSPS) is 14.9. The molecule has 3 rings (SSSR count). The van der Waals surface area contributed by atoms with Crippen molar-refractivity contribution in [2.45, 2.75) is 18.8 Å². The van der Waals surface area contributed by atoms with Crippen molar-refractivity contribution in [1.29, 1.82) is 0 Å². The average molecular weight is 228 g/mol. The largest absolute Gasteiger partial charge is 0.272 e. The minimum atomic E-state index is 0.340. The number of rotatable bonds is 3. The Kier molecular flexibility index (Phi) is 2.24. The van der Waals surface area contributed by atoms with Crippen LogP contribution in [0.15, 0.2) is 29.6 Å². The molecular weight excluding hydrogens is 216 g/mol. The summed E-state index contributed by atoms with van der Waals surface area (Å²) in [6.07, 6.45) is 3.97. The molecule has 5 heteroatoms. The van der Waals surface area contributed by atoms with E-state index in [4.69, 9.17) is 0 Å². The average Bonchev–Trinajstić information content (AvgIpc) is 3.13. The third-order valence-electron chi connectivity index (χ3n) is 3.03. The number of nitrogens with zero attached hydrogens (tertiary/aromatic N) is 4. The van der Waals surface area contributed by atoms with Crippen LogP contribution in [0.1, 0.15) is 24.5 Å². The Hall–Kier alpha value is -2.04. The molecule has 17 heavy (non-hydrogen) atoms. The Balaban J connectivity index is 1.96. The van der Waals surface area contributed by atoms with E-state index in [9.17, 15) is 4.91 Å². The first-order chi connectivity index (χ1) is 8.28. The number of hydrogen-bond acceptors (Lipinski definition) is 4. The van der Waals surface area contributed by atoms with Gasteiger partial charge >= 0.3 is 0 Å². The second-order valence-corrected chi connectivity index (χ2v) is 4.35. The molecule has 0 amide bonds. The summed E-state index contributed by atoms with van der Waals surface area (Å²) < 4.78 is 1.92. The van der Waals surface area contributed by atoms with Crippen LogP contribution in [0.3, 0.4) is 0 Å². The maximum absolute atomic E-state index is 10.3. The van der Waals surface area contributed by atoms with Crippen molar-refractivity contribution < 1.29 is 0 Å². The maximum atomic E-state index is 10.3. The fourth-order valence-corrected chi connectivity index (χ4v) is 1.96. The molecule has 0 N–H and O–H groups in total. The van der Waals surface area contributed by atoms with Gasteiger partial charge in [0.25, 0.3) is 0 Å². The molecule has 1 aliphatic carbocycles. The fraction of sp³-hybridized carbons (Fsp3) is 0.333. The highest BCUT2D eigenvalue weighted by atomic mass is 16.3. The number of aryl methyl sites for hydroxylation is 1. The van der Waals surface area contributed by atoms with E-state index < -0.39 is 0 Å². The highest BCUT2D eigenvalue weighted by Crippen LogP contribution is 2.40. The van der Waals surface area contributed by atoms with Crippen LogP contribution in [-0.2, 0) is 7.05 Å². The van der Waals surface area contributed by atoms with Crippen molar-refractivity contribution in [2.75, 3.05) is 0 Å². The maximum Gasteiger partial charge on any atom is 0.126 e. The quantitative estimate of drug-likeness (QED) is 0.759. The monoisotopic (exact) mass is 228 g/mol. The van der Waals surface area contributed by atoms with Gasteiger partial charge < -0.3 is 0 Å². The minimum Gasteiger partial charge on any atom is -0.272 e. The smallest absolute Gasteiger partial charge is 0.126 e. The summed E-state index contributed by atoms with van der Waals surface area (Å²) in [5.74, 6) is 0.664. The molecule has 0 spiro atoms. The molecule has 0 bridgehead atoms. The molecule has 2 aromatic rings. The minimum absolute atomic E-state index is 0.340. The third-order valence-corrected chi connectivity index (χ3v) is 3.03. The molecule has 2 heterocycles. The molecule has 0 aliphatic heterocycles. The van der Waals surface area contributed by atoms with Gasteiger partial charge in [-0.1, -0.05) is 0 Å². The highest BCUT2D eigenvalue weighted by molar-refractivity contribution is 5.56. The first-order valence-electron chi connectivity index (χ1n) is 5.61. The Bertz CT molecular complexity index is 554. The Morgan fingerprint density at radius 2 is 2.18 bits per heavy atom. The lowest BCUT2D eigenvalue weighted by Crippen LogP contribution is -1.95. The lowest BCUT2D eigenvalue weighted by atomic mass is 10.2. The van der Waals surface area contributed by atoms with E-state index in [2.05, 4.69) is 21.3 Å². The summed E-state index contributed by atoms with van der Waals surface area (Å²) >= 11 is 0. The topological polar surface area (TPSA) is 60.1 Å². The van der Waals surface area contributed by atoms with Crippen molar-refractivity contribution in [3.63, 3.8) is 0 Å². The van der Waals surface area contributed by atoms with Crippen LogP contribution in [0.2, 0.25) is 0 Å². The molecule has 1 saturated carbocycles. The highest BCUT2D eigenvalue weighted by Gasteiger charge is 2.27. The van der Waals surface area contributed by atoms with Gasteiger partial charge in [-0.15, -0.1) is 4.91 Å². The zero-order chi connectivity index (χ0) is 11.8. The summed E-state index contributed by atoms with van der Waals surface area (Å²) in [4.78, 5) is 14.5. The van der Waals surface area contributed by atoms with Crippen molar-refractivity contribution in [3.8, 4) is 11.4 Å². The van der Waals surface area contributed by atoms with Crippen molar-refractivity contribution in [1.82, 2.24) is 14.8 Å². The van der Waals surface area contributed by atoms with Crippen molar-refractivity contribution >= 4 is 5.69 Å². The van der Waals surface area contributed by atoms with E-state index in [-0.39, 0.29) is 0 Å². The van der Waals surface area contributed by atoms with E-state index in [0.29, 0.717) is 11.6 Å². The van der Waals surface area contributed by atoms with Crippen LogP contribution in [0, 0.1) is 4.91 Å². The van der Waals surface area contributed by atoms with E-state index in [0.717, 1.165) is 11.4 Å². The molecule has 0 aromatic carbocycles. The molecule has 0 saturated heterocycles. The zero-order valence-corrected chi connectivity index (χ0v) is 9.50. The standard InChI is InChI=1S/C12H12N4O/c1-16-12(8-2-3-8)6-11(14-16)10-5-4-9(15-17)7-13-10/h4-8H,2-3H2,1H3. The van der Waals surface area contributed by atoms with Crippen LogP contribution < -0.4 is 0 Å². The number of nitroso groups, excluding NO2 is 1. The first kappa shape index (κ1) is 10.1. The van der Waals surface area contributed by atoms with Gasteiger partial charge in [0.05, 0.1) is 11.9 Å². The second kappa shape index (κ2) is 3.76. The Labute approximate surface area is 98.5 Å². The van der Waals surface area contributed by atoms with Gasteiger partial charge in [-0.3, -0.25) is 9.67 Å². The predicted molar refractivity (Wildman–Crippen MR) is 63.9 cm³/mol. The first-order valence-corrected chi connectivity index (χ1v) is 5.61. The van der Waals surface area contributed by atoms with Crippen LogP contribution in [0.25, 0.3) is 11.4 Å². The molecule has 86 valence electrons. The van der Waals surface area contributed by atoms with E-state index in [1.54, 1.807) is 12.1 Å². The molecule has 1 aliphatic rings. The van der Waals surface area contributed by atoms with Crippen LogP contribution in [0.4, 0.5) is 5.69 Å². The number of aromatic nitrogens is 3. The summed E-state index contributed by atoms with van der Waals surface area (Å²) in [6, 6.07) is 5.50. The van der Waals surface area contributed by atoms with Gasteiger partial charge in [0.2, 0.25) is 0 Å². The number of hydrogen-bond donors (Lipinski definition) is 0. The van der Waals surface area contributed by atoms with Crippen LogP contribution in [0.5, 0.6) is 0 Å². The SMILES string of the molecule is Cn1nc(-c2ccc(N=O)cn2)cc1C1CC1.